The normalized spacial score (nSPS) is 15.2. The van der Waals surface area contributed by atoms with Crippen LogP contribution in [0.2, 0.25) is 0 Å². The van der Waals surface area contributed by atoms with Gasteiger partial charge in [0.15, 0.2) is 0 Å². The van der Waals surface area contributed by atoms with Crippen molar-refractivity contribution in [3.63, 3.8) is 0 Å². The van der Waals surface area contributed by atoms with Crippen LogP contribution in [0.25, 0.3) is 11.0 Å². The topological polar surface area (TPSA) is 68.2 Å². The van der Waals surface area contributed by atoms with Crippen molar-refractivity contribution in [1.82, 2.24) is 9.55 Å². The average molecular weight is 439 g/mol. The van der Waals surface area contributed by atoms with Gasteiger partial charge in [0, 0.05) is 11.4 Å². The Morgan fingerprint density at radius 1 is 1.06 bits per heavy atom. The second kappa shape index (κ2) is 8.47. The second-order valence-corrected chi connectivity index (χ2v) is 8.14. The first-order valence-electron chi connectivity index (χ1n) is 11.1. The van der Waals surface area contributed by atoms with E-state index in [1.54, 1.807) is 7.11 Å². The van der Waals surface area contributed by atoms with Gasteiger partial charge < -0.3 is 15.4 Å². The highest BCUT2D eigenvalue weighted by atomic mass is 16.5. The summed E-state index contributed by atoms with van der Waals surface area (Å²) in [5.74, 6) is 1.35. The SMILES string of the molecule is CCc1ccc(NC(=O)C2=C(C)Nc3nc4ccccc4n3C2c2ccc(OC)cc2)cc1. The van der Waals surface area contributed by atoms with Gasteiger partial charge >= 0.3 is 0 Å². The van der Waals surface area contributed by atoms with Gasteiger partial charge in [-0.25, -0.2) is 4.98 Å². The monoisotopic (exact) mass is 438 g/mol. The molecule has 0 saturated carbocycles. The Morgan fingerprint density at radius 3 is 2.48 bits per heavy atom. The first-order valence-corrected chi connectivity index (χ1v) is 11.1. The number of ether oxygens (including phenoxy) is 1. The summed E-state index contributed by atoms with van der Waals surface area (Å²) in [5, 5.41) is 6.44. The van der Waals surface area contributed by atoms with Gasteiger partial charge in [-0.15, -0.1) is 0 Å². The van der Waals surface area contributed by atoms with Crippen molar-refractivity contribution in [2.45, 2.75) is 26.3 Å². The molecule has 0 bridgehead atoms. The zero-order valence-electron chi connectivity index (χ0n) is 18.9. The molecular formula is C27H26N4O2. The molecule has 166 valence electrons. The maximum atomic E-state index is 13.6. The summed E-state index contributed by atoms with van der Waals surface area (Å²) >= 11 is 0. The van der Waals surface area contributed by atoms with Gasteiger partial charge in [0.1, 0.15) is 5.75 Å². The number of anilines is 2. The minimum absolute atomic E-state index is 0.145. The molecule has 0 saturated heterocycles. The van der Waals surface area contributed by atoms with Crippen LogP contribution >= 0.6 is 0 Å². The van der Waals surface area contributed by atoms with Crippen LogP contribution in [0.3, 0.4) is 0 Å². The highest BCUT2D eigenvalue weighted by molar-refractivity contribution is 6.06. The molecule has 0 fully saturated rings. The summed E-state index contributed by atoms with van der Waals surface area (Å²) in [5.41, 5.74) is 6.25. The van der Waals surface area contributed by atoms with Crippen LogP contribution < -0.4 is 15.4 Å². The molecule has 1 atom stereocenters. The molecule has 2 N–H and O–H groups in total. The van der Waals surface area contributed by atoms with Crippen LogP contribution in [0.4, 0.5) is 11.6 Å². The molecule has 1 unspecified atom stereocenters. The van der Waals surface area contributed by atoms with Crippen molar-refractivity contribution in [1.29, 1.82) is 0 Å². The summed E-state index contributed by atoms with van der Waals surface area (Å²) in [7, 11) is 1.65. The minimum atomic E-state index is -0.338. The Hall–Kier alpha value is -4.06. The summed E-state index contributed by atoms with van der Waals surface area (Å²) in [6.07, 6.45) is 0.957. The van der Waals surface area contributed by atoms with Crippen LogP contribution in [0, 0.1) is 0 Å². The zero-order chi connectivity index (χ0) is 22.9. The summed E-state index contributed by atoms with van der Waals surface area (Å²) in [4.78, 5) is 18.4. The van der Waals surface area contributed by atoms with E-state index in [1.807, 2.05) is 79.7 Å². The first kappa shape index (κ1) is 20.8. The van der Waals surface area contributed by atoms with E-state index in [-0.39, 0.29) is 11.9 Å². The smallest absolute Gasteiger partial charge is 0.255 e. The number of fused-ring (bicyclic) bond motifs is 3. The van der Waals surface area contributed by atoms with Gasteiger partial charge in [-0.1, -0.05) is 43.3 Å². The maximum absolute atomic E-state index is 13.6. The van der Waals surface area contributed by atoms with E-state index in [0.29, 0.717) is 5.57 Å². The average Bonchev–Trinajstić information content (AvgIpc) is 3.21. The fourth-order valence-electron chi connectivity index (χ4n) is 4.38. The van der Waals surface area contributed by atoms with Crippen molar-refractivity contribution in [2.24, 2.45) is 0 Å². The number of nitrogens with one attached hydrogen (secondary N) is 2. The van der Waals surface area contributed by atoms with Crippen molar-refractivity contribution < 1.29 is 9.53 Å². The number of amides is 1. The van der Waals surface area contributed by atoms with Crippen molar-refractivity contribution in [3.05, 3.63) is 95.2 Å². The molecule has 1 aliphatic rings. The number of rotatable bonds is 5. The number of aryl methyl sites for hydroxylation is 1. The molecule has 0 radical (unpaired) electrons. The number of hydrogen-bond donors (Lipinski definition) is 2. The molecule has 4 aromatic rings. The fourth-order valence-corrected chi connectivity index (χ4v) is 4.38. The van der Waals surface area contributed by atoms with E-state index >= 15 is 0 Å². The molecule has 6 nitrogen and oxygen atoms in total. The molecule has 0 aliphatic carbocycles. The van der Waals surface area contributed by atoms with E-state index in [9.17, 15) is 4.79 Å². The van der Waals surface area contributed by atoms with E-state index in [4.69, 9.17) is 9.72 Å². The lowest BCUT2D eigenvalue weighted by molar-refractivity contribution is -0.113. The quantitative estimate of drug-likeness (QED) is 0.430. The lowest BCUT2D eigenvalue weighted by atomic mass is 9.94. The number of benzene rings is 3. The Balaban J connectivity index is 1.61. The van der Waals surface area contributed by atoms with E-state index < -0.39 is 0 Å². The standard InChI is InChI=1S/C27H26N4O2/c1-4-18-9-13-20(14-10-18)29-26(32)24-17(2)28-27-30-22-7-5-6-8-23(22)31(27)25(24)19-11-15-21(33-3)16-12-19/h5-16,25H,4H2,1-3H3,(H,28,30)(H,29,32). The zero-order valence-corrected chi connectivity index (χ0v) is 18.9. The molecule has 3 aromatic carbocycles. The Morgan fingerprint density at radius 2 is 1.79 bits per heavy atom. The van der Waals surface area contributed by atoms with Crippen molar-refractivity contribution >= 4 is 28.6 Å². The van der Waals surface area contributed by atoms with Crippen molar-refractivity contribution in [3.8, 4) is 5.75 Å². The number of imidazole rings is 1. The minimum Gasteiger partial charge on any atom is -0.497 e. The number of allylic oxidation sites excluding steroid dienone is 1. The molecule has 1 amide bonds. The highest BCUT2D eigenvalue weighted by Gasteiger charge is 2.34. The first-order chi connectivity index (χ1) is 16.1. The van der Waals surface area contributed by atoms with Gasteiger partial charge in [0.25, 0.3) is 5.91 Å². The van der Waals surface area contributed by atoms with Gasteiger partial charge in [0.05, 0.1) is 29.8 Å². The third-order valence-electron chi connectivity index (χ3n) is 6.13. The third kappa shape index (κ3) is 3.74. The second-order valence-electron chi connectivity index (χ2n) is 8.14. The fraction of sp³-hybridized carbons (Fsp3) is 0.185. The summed E-state index contributed by atoms with van der Waals surface area (Å²) in [6.45, 7) is 4.04. The van der Waals surface area contributed by atoms with Crippen LogP contribution in [0.5, 0.6) is 5.75 Å². The lowest BCUT2D eigenvalue weighted by Crippen LogP contribution is -2.30. The van der Waals surface area contributed by atoms with Gasteiger partial charge in [-0.3, -0.25) is 9.36 Å². The molecule has 1 aliphatic heterocycles. The Bertz CT molecular complexity index is 1350. The number of para-hydroxylation sites is 2. The Labute approximate surface area is 192 Å². The summed E-state index contributed by atoms with van der Waals surface area (Å²) in [6, 6.07) is 23.5. The maximum Gasteiger partial charge on any atom is 0.255 e. The number of aromatic nitrogens is 2. The van der Waals surface area contributed by atoms with Gasteiger partial charge in [-0.05, 0) is 60.9 Å². The molecular weight excluding hydrogens is 412 g/mol. The predicted octanol–water partition coefficient (Wildman–Crippen LogP) is 5.53. The molecule has 0 spiro atoms. The van der Waals surface area contributed by atoms with Crippen LogP contribution in [0.15, 0.2) is 84.1 Å². The third-order valence-corrected chi connectivity index (χ3v) is 6.13. The lowest BCUT2D eigenvalue weighted by Gasteiger charge is -2.30. The molecule has 1 aromatic heterocycles. The number of methoxy groups -OCH3 is 1. The highest BCUT2D eigenvalue weighted by Crippen LogP contribution is 2.39. The molecule has 33 heavy (non-hydrogen) atoms. The predicted molar refractivity (Wildman–Crippen MR) is 132 cm³/mol. The largest absolute Gasteiger partial charge is 0.497 e. The summed E-state index contributed by atoms with van der Waals surface area (Å²) < 4.78 is 7.45. The Kier molecular flexibility index (Phi) is 5.34. The van der Waals surface area contributed by atoms with Gasteiger partial charge in [0.2, 0.25) is 5.95 Å². The molecule has 2 heterocycles. The van der Waals surface area contributed by atoms with Crippen LogP contribution in [0.1, 0.15) is 31.0 Å². The number of carbonyl (C=O) groups is 1. The van der Waals surface area contributed by atoms with Gasteiger partial charge in [-0.2, -0.15) is 0 Å². The van der Waals surface area contributed by atoms with Crippen LogP contribution in [-0.4, -0.2) is 22.6 Å². The number of carbonyl (C=O) groups excluding carboxylic acids is 1. The van der Waals surface area contributed by atoms with E-state index in [0.717, 1.165) is 46.1 Å². The van der Waals surface area contributed by atoms with E-state index in [2.05, 4.69) is 22.1 Å². The van der Waals surface area contributed by atoms with Crippen LogP contribution in [-0.2, 0) is 11.2 Å². The molecule has 5 rings (SSSR count). The number of nitrogens with zero attached hydrogens (tertiary/aromatic N) is 2. The van der Waals surface area contributed by atoms with E-state index in [1.165, 1.54) is 5.56 Å². The number of hydrogen-bond acceptors (Lipinski definition) is 4. The van der Waals surface area contributed by atoms with Crippen molar-refractivity contribution in [2.75, 3.05) is 17.7 Å². The molecule has 6 heteroatoms.